The Morgan fingerprint density at radius 2 is 2.09 bits per heavy atom. The van der Waals surface area contributed by atoms with Crippen LogP contribution in [0.3, 0.4) is 0 Å². The fourth-order valence-electron chi connectivity index (χ4n) is 2.85. The van der Waals surface area contributed by atoms with Crippen LogP contribution in [0.4, 0.5) is 0 Å². The molecule has 0 radical (unpaired) electrons. The first kappa shape index (κ1) is 14.8. The highest BCUT2D eigenvalue weighted by molar-refractivity contribution is 5.79. The van der Waals surface area contributed by atoms with Crippen LogP contribution in [0.25, 0.3) is 0 Å². The van der Waals surface area contributed by atoms with Crippen molar-refractivity contribution in [1.29, 1.82) is 0 Å². The molecule has 22 heavy (non-hydrogen) atoms. The number of likely N-dealkylation sites (N-methyl/N-ethyl adjacent to an activating group) is 1. The standard InChI is InChI=1S/C17H22N4O/c1-13-3-5-14(6-4-13)11-16(22)21-10-9-20(2)15(12-21)17-18-7-8-19-17/h3-8,15H,9-12H2,1-2H3,(H,18,19). The maximum atomic E-state index is 12.6. The van der Waals surface area contributed by atoms with E-state index >= 15 is 0 Å². The molecule has 3 rings (SSSR count). The predicted octanol–water partition coefficient (Wildman–Crippen LogP) is 1.78. The van der Waals surface area contributed by atoms with Gasteiger partial charge in [0.05, 0.1) is 12.5 Å². The SMILES string of the molecule is Cc1ccc(CC(=O)N2CCN(C)C(c3ncc[nH]3)C2)cc1. The molecular formula is C17H22N4O. The van der Waals surface area contributed by atoms with Crippen molar-refractivity contribution < 1.29 is 4.79 Å². The molecule has 5 heteroatoms. The minimum atomic E-state index is 0.144. The zero-order chi connectivity index (χ0) is 15.5. The van der Waals surface area contributed by atoms with Crippen LogP contribution in [0.2, 0.25) is 0 Å². The molecule has 1 saturated heterocycles. The van der Waals surface area contributed by atoms with E-state index in [1.54, 1.807) is 6.20 Å². The molecule has 116 valence electrons. The third-order valence-corrected chi connectivity index (χ3v) is 4.31. The number of aromatic nitrogens is 2. The van der Waals surface area contributed by atoms with E-state index in [0.29, 0.717) is 13.0 Å². The molecule has 1 aliphatic rings. The number of nitrogens with zero attached hydrogens (tertiary/aromatic N) is 3. The Kier molecular flexibility index (Phi) is 4.24. The Balaban J connectivity index is 1.66. The fourth-order valence-corrected chi connectivity index (χ4v) is 2.85. The summed E-state index contributed by atoms with van der Waals surface area (Å²) in [4.78, 5) is 24.3. The van der Waals surface area contributed by atoms with E-state index in [1.807, 2.05) is 23.2 Å². The third-order valence-electron chi connectivity index (χ3n) is 4.31. The maximum absolute atomic E-state index is 12.6. The average Bonchev–Trinajstić information content (AvgIpc) is 3.04. The number of hydrogen-bond acceptors (Lipinski definition) is 3. The number of rotatable bonds is 3. The lowest BCUT2D eigenvalue weighted by molar-refractivity contribution is -0.133. The van der Waals surface area contributed by atoms with Crippen LogP contribution < -0.4 is 0 Å². The molecule has 1 fully saturated rings. The highest BCUT2D eigenvalue weighted by Gasteiger charge is 2.29. The zero-order valence-electron chi connectivity index (χ0n) is 13.1. The summed E-state index contributed by atoms with van der Waals surface area (Å²) in [6, 6.07) is 8.32. The molecule has 5 nitrogen and oxygen atoms in total. The Morgan fingerprint density at radius 1 is 1.32 bits per heavy atom. The lowest BCUT2D eigenvalue weighted by Gasteiger charge is -2.38. The highest BCUT2D eigenvalue weighted by Crippen LogP contribution is 2.21. The number of nitrogens with one attached hydrogen (secondary N) is 1. The molecule has 1 aromatic carbocycles. The normalized spacial score (nSPS) is 19.4. The average molecular weight is 298 g/mol. The molecule has 0 saturated carbocycles. The van der Waals surface area contributed by atoms with Gasteiger partial charge in [-0.3, -0.25) is 9.69 Å². The Labute approximate surface area is 131 Å². The first-order chi connectivity index (χ1) is 10.6. The van der Waals surface area contributed by atoms with Crippen molar-refractivity contribution in [3.63, 3.8) is 0 Å². The van der Waals surface area contributed by atoms with Gasteiger partial charge >= 0.3 is 0 Å². The summed E-state index contributed by atoms with van der Waals surface area (Å²) in [5.74, 6) is 1.11. The minimum Gasteiger partial charge on any atom is -0.347 e. The van der Waals surface area contributed by atoms with E-state index in [4.69, 9.17) is 0 Å². The van der Waals surface area contributed by atoms with Crippen molar-refractivity contribution in [3.05, 3.63) is 53.6 Å². The Hall–Kier alpha value is -2.14. The van der Waals surface area contributed by atoms with Gasteiger partial charge in [-0.1, -0.05) is 29.8 Å². The van der Waals surface area contributed by atoms with Crippen molar-refractivity contribution >= 4 is 5.91 Å². The third kappa shape index (κ3) is 3.20. The highest BCUT2D eigenvalue weighted by atomic mass is 16.2. The number of carbonyl (C=O) groups excluding carboxylic acids is 1. The van der Waals surface area contributed by atoms with Gasteiger partial charge in [-0.15, -0.1) is 0 Å². The van der Waals surface area contributed by atoms with Crippen molar-refractivity contribution in [2.45, 2.75) is 19.4 Å². The van der Waals surface area contributed by atoms with Crippen molar-refractivity contribution in [2.24, 2.45) is 0 Å². The summed E-state index contributed by atoms with van der Waals surface area (Å²) in [7, 11) is 2.08. The van der Waals surface area contributed by atoms with E-state index in [2.05, 4.69) is 41.0 Å². The summed E-state index contributed by atoms with van der Waals surface area (Å²) in [5.41, 5.74) is 2.29. The zero-order valence-corrected chi connectivity index (χ0v) is 13.1. The molecule has 1 N–H and O–H groups in total. The van der Waals surface area contributed by atoms with Gasteiger partial charge in [0.15, 0.2) is 0 Å². The van der Waals surface area contributed by atoms with Gasteiger partial charge in [-0.25, -0.2) is 4.98 Å². The van der Waals surface area contributed by atoms with Gasteiger partial charge < -0.3 is 9.88 Å². The van der Waals surface area contributed by atoms with E-state index in [1.165, 1.54) is 5.56 Å². The molecule has 1 atom stereocenters. The second-order valence-electron chi connectivity index (χ2n) is 5.97. The maximum Gasteiger partial charge on any atom is 0.227 e. The van der Waals surface area contributed by atoms with Crippen LogP contribution in [-0.4, -0.2) is 52.4 Å². The topological polar surface area (TPSA) is 52.2 Å². The first-order valence-electron chi connectivity index (χ1n) is 7.66. The van der Waals surface area contributed by atoms with Crippen molar-refractivity contribution in [1.82, 2.24) is 19.8 Å². The molecule has 0 bridgehead atoms. The smallest absolute Gasteiger partial charge is 0.227 e. The lowest BCUT2D eigenvalue weighted by Crippen LogP contribution is -2.49. The quantitative estimate of drug-likeness (QED) is 0.939. The summed E-state index contributed by atoms with van der Waals surface area (Å²) in [5, 5.41) is 0. The molecule has 1 unspecified atom stereocenters. The molecule has 1 aliphatic heterocycles. The number of aromatic amines is 1. The summed E-state index contributed by atoms with van der Waals surface area (Å²) >= 11 is 0. The summed E-state index contributed by atoms with van der Waals surface area (Å²) < 4.78 is 0. The van der Waals surface area contributed by atoms with Gasteiger partial charge in [-0.2, -0.15) is 0 Å². The Bertz CT molecular complexity index is 621. The van der Waals surface area contributed by atoms with Crippen LogP contribution in [0, 0.1) is 6.92 Å². The van der Waals surface area contributed by atoms with Gasteiger partial charge in [0.2, 0.25) is 5.91 Å². The van der Waals surface area contributed by atoms with Crippen molar-refractivity contribution in [3.8, 4) is 0 Å². The molecular weight excluding hydrogens is 276 g/mol. The number of amides is 1. The minimum absolute atomic E-state index is 0.144. The number of imidazole rings is 1. The van der Waals surface area contributed by atoms with E-state index in [-0.39, 0.29) is 11.9 Å². The largest absolute Gasteiger partial charge is 0.347 e. The summed E-state index contributed by atoms with van der Waals surface area (Å²) in [6.07, 6.45) is 4.06. The van der Waals surface area contributed by atoms with Crippen molar-refractivity contribution in [2.75, 3.05) is 26.7 Å². The second-order valence-corrected chi connectivity index (χ2v) is 5.97. The molecule has 1 aromatic heterocycles. The first-order valence-corrected chi connectivity index (χ1v) is 7.66. The van der Waals surface area contributed by atoms with E-state index in [9.17, 15) is 4.79 Å². The molecule has 0 aliphatic carbocycles. The number of aryl methyl sites for hydroxylation is 1. The molecule has 1 amide bonds. The monoisotopic (exact) mass is 298 g/mol. The van der Waals surface area contributed by atoms with Crippen LogP contribution in [0.1, 0.15) is 23.0 Å². The lowest BCUT2D eigenvalue weighted by atomic mass is 10.1. The molecule has 2 heterocycles. The van der Waals surface area contributed by atoms with Gasteiger partial charge in [0.1, 0.15) is 5.82 Å². The van der Waals surface area contributed by atoms with Gasteiger partial charge in [0.25, 0.3) is 0 Å². The second kappa shape index (κ2) is 6.32. The number of benzene rings is 1. The fraction of sp³-hybridized carbons (Fsp3) is 0.412. The van der Waals surface area contributed by atoms with Crippen LogP contribution in [-0.2, 0) is 11.2 Å². The summed E-state index contributed by atoms with van der Waals surface area (Å²) in [6.45, 7) is 4.39. The molecule has 0 spiro atoms. The predicted molar refractivity (Wildman–Crippen MR) is 85.4 cm³/mol. The number of hydrogen-bond donors (Lipinski definition) is 1. The number of carbonyl (C=O) groups is 1. The number of H-pyrrole nitrogens is 1. The van der Waals surface area contributed by atoms with Gasteiger partial charge in [-0.05, 0) is 19.5 Å². The Morgan fingerprint density at radius 3 is 2.77 bits per heavy atom. The number of piperazine rings is 1. The van der Waals surface area contributed by atoms with Crippen LogP contribution in [0.15, 0.2) is 36.7 Å². The van der Waals surface area contributed by atoms with E-state index in [0.717, 1.165) is 24.5 Å². The van der Waals surface area contributed by atoms with E-state index < -0.39 is 0 Å². The van der Waals surface area contributed by atoms with Crippen LogP contribution >= 0.6 is 0 Å². The molecule has 2 aromatic rings. The van der Waals surface area contributed by atoms with Gasteiger partial charge in [0, 0.05) is 32.0 Å². The van der Waals surface area contributed by atoms with Crippen LogP contribution in [0.5, 0.6) is 0 Å².